The van der Waals surface area contributed by atoms with Gasteiger partial charge in [0, 0.05) is 48.1 Å². The number of likely N-dealkylation sites (tertiary alicyclic amines) is 1. The highest BCUT2D eigenvalue weighted by Crippen LogP contribution is 2.37. The average molecular weight is 558 g/mol. The van der Waals surface area contributed by atoms with Crippen LogP contribution in [0.4, 0.5) is 0 Å². The smallest absolute Gasteiger partial charge is 0.251 e. The van der Waals surface area contributed by atoms with Gasteiger partial charge in [-0.15, -0.1) is 0 Å². The number of aliphatic hydroxyl groups excluding tert-OH is 1. The van der Waals surface area contributed by atoms with E-state index in [1.807, 2.05) is 61.8 Å². The number of carbonyl (C=O) groups excluding carboxylic acids is 1. The number of nitrogens with two attached hydrogens (primary N) is 1. The molecular weight excluding hydrogens is 526 g/mol. The number of hydrogen-bond donors (Lipinski definition) is 3. The molecule has 1 amide bonds. The van der Waals surface area contributed by atoms with Gasteiger partial charge in [0.2, 0.25) is 0 Å². The fourth-order valence-corrected chi connectivity index (χ4v) is 5.41. The second-order valence-corrected chi connectivity index (χ2v) is 10.1. The molecule has 1 aliphatic rings. The highest BCUT2D eigenvalue weighted by Gasteiger charge is 2.30. The number of carbonyl (C=O) groups is 1. The number of hydrogen-bond acceptors (Lipinski definition) is 6. The second kappa shape index (κ2) is 11.9. The molecule has 9 nitrogen and oxygen atoms in total. The van der Waals surface area contributed by atoms with E-state index in [0.717, 1.165) is 57.6 Å². The van der Waals surface area contributed by atoms with E-state index in [2.05, 4.69) is 27.4 Å². The van der Waals surface area contributed by atoms with E-state index in [1.165, 1.54) is 6.20 Å². The fraction of sp³-hybridized carbons (Fsp3) is 0.267. The predicted octanol–water partition coefficient (Wildman–Crippen LogP) is 5.16. The monoisotopic (exact) mass is 557 g/mol. The summed E-state index contributed by atoms with van der Waals surface area (Å²) in [7, 11) is 0. The van der Waals surface area contributed by atoms with E-state index in [-0.39, 0.29) is 11.8 Å². The van der Waals surface area contributed by atoms with Crippen LogP contribution in [-0.4, -0.2) is 59.7 Å². The van der Waals surface area contributed by atoms with Gasteiger partial charge in [0.15, 0.2) is 5.65 Å². The van der Waals surface area contributed by atoms with Gasteiger partial charge < -0.3 is 20.7 Å². The first kappa shape index (κ1) is 27.4. The van der Waals surface area contributed by atoms with Crippen molar-refractivity contribution in [2.45, 2.75) is 38.2 Å². The van der Waals surface area contributed by atoms with Crippen molar-refractivity contribution < 1.29 is 9.90 Å². The van der Waals surface area contributed by atoms with Crippen LogP contribution < -0.4 is 5.73 Å². The Kier molecular flexibility index (Phi) is 8.14. The molecule has 1 saturated heterocycles. The summed E-state index contributed by atoms with van der Waals surface area (Å²) in [5, 5.41) is 16.1. The van der Waals surface area contributed by atoms with Crippen LogP contribution in [0.15, 0.2) is 73.8 Å². The number of rotatable bonds is 5. The first-order valence-corrected chi connectivity index (χ1v) is 13.7. The molecule has 0 aliphatic carbocycles. The van der Waals surface area contributed by atoms with Gasteiger partial charge in [0.05, 0.1) is 28.0 Å². The lowest BCUT2D eigenvalue weighted by molar-refractivity contribution is -0.141. The number of halogens is 1. The minimum absolute atomic E-state index is 0.130. The molecule has 40 heavy (non-hydrogen) atoms. The second-order valence-electron chi connectivity index (χ2n) is 9.71. The summed E-state index contributed by atoms with van der Waals surface area (Å²) in [6, 6.07) is 14.1. The number of nitrogens with zero attached hydrogens (tertiary/aromatic N) is 5. The molecule has 0 saturated carbocycles. The lowest BCUT2D eigenvalue weighted by atomic mass is 9.91. The number of fused-ring (bicyclic) bond motifs is 3. The molecule has 1 aromatic carbocycles. The Labute approximate surface area is 237 Å². The summed E-state index contributed by atoms with van der Waals surface area (Å²) in [5.74, 6) is -0.0661. The third kappa shape index (κ3) is 5.17. The standard InChI is InChI=1S/C28H27ClN6O2.C2H5N/c1-2-23(36)28(37)34-12-10-18(11-13-34)25-24-21(29)16-31-27(24)35-26(33-25)20(15-32-35)19-8-9-22(30-14-19)17-6-4-3-5-7-17;1-2-3/h3-9,14-16,18,23,31,36H,2,10-13H2,1H3;2H,1,3H2/t23-;/m1./s1. The molecule has 0 spiro atoms. The summed E-state index contributed by atoms with van der Waals surface area (Å²) in [4.78, 5) is 27.3. The summed E-state index contributed by atoms with van der Waals surface area (Å²) in [5.41, 5.74) is 10.8. The Hall–Kier alpha value is -4.21. The van der Waals surface area contributed by atoms with Crippen molar-refractivity contribution in [1.29, 1.82) is 0 Å². The number of aromatic amines is 1. The maximum Gasteiger partial charge on any atom is 0.251 e. The number of piperidine rings is 1. The van der Waals surface area contributed by atoms with Crippen molar-refractivity contribution in [2.75, 3.05) is 13.1 Å². The van der Waals surface area contributed by atoms with Crippen LogP contribution in [0.5, 0.6) is 0 Å². The number of amides is 1. The first-order chi connectivity index (χ1) is 19.5. The van der Waals surface area contributed by atoms with E-state index in [1.54, 1.807) is 15.6 Å². The van der Waals surface area contributed by atoms with Gasteiger partial charge in [0.1, 0.15) is 11.8 Å². The quantitative estimate of drug-likeness (QED) is 0.274. The van der Waals surface area contributed by atoms with Crippen LogP contribution in [0.3, 0.4) is 0 Å². The van der Waals surface area contributed by atoms with Crippen LogP contribution in [0.2, 0.25) is 5.02 Å². The molecule has 206 valence electrons. The molecule has 0 radical (unpaired) electrons. The molecule has 1 atom stereocenters. The van der Waals surface area contributed by atoms with Crippen LogP contribution >= 0.6 is 11.6 Å². The van der Waals surface area contributed by atoms with Crippen molar-refractivity contribution in [2.24, 2.45) is 5.73 Å². The number of pyridine rings is 1. The molecule has 0 bridgehead atoms. The SMILES string of the molecule is C=CN.CC[C@@H](O)C(=O)N1CCC(c2nc3c(-c4ccc(-c5ccccc5)nc4)cnn3c3[nH]cc(Cl)c23)CC1. The van der Waals surface area contributed by atoms with Crippen LogP contribution in [-0.2, 0) is 4.79 Å². The van der Waals surface area contributed by atoms with Gasteiger partial charge >= 0.3 is 0 Å². The van der Waals surface area contributed by atoms with Crippen molar-refractivity contribution in [3.63, 3.8) is 0 Å². The minimum atomic E-state index is -0.937. The highest BCUT2D eigenvalue weighted by atomic mass is 35.5. The van der Waals surface area contributed by atoms with Crippen LogP contribution in [0.1, 0.15) is 37.8 Å². The average Bonchev–Trinajstić information content (AvgIpc) is 3.61. The van der Waals surface area contributed by atoms with E-state index in [9.17, 15) is 9.90 Å². The number of H-pyrrole nitrogens is 1. The fourth-order valence-electron chi connectivity index (χ4n) is 5.17. The van der Waals surface area contributed by atoms with Crippen molar-refractivity contribution in [3.8, 4) is 22.4 Å². The molecule has 0 unspecified atom stereocenters. The van der Waals surface area contributed by atoms with Gasteiger partial charge in [-0.3, -0.25) is 9.78 Å². The third-order valence-corrected chi connectivity index (χ3v) is 7.56. The summed E-state index contributed by atoms with van der Waals surface area (Å²) in [6.07, 6.45) is 7.67. The molecule has 4 N–H and O–H groups in total. The Morgan fingerprint density at radius 3 is 2.58 bits per heavy atom. The van der Waals surface area contributed by atoms with Gasteiger partial charge in [-0.25, -0.2) is 4.98 Å². The lowest BCUT2D eigenvalue weighted by Crippen LogP contribution is -2.43. The van der Waals surface area contributed by atoms with Crippen molar-refractivity contribution >= 4 is 34.2 Å². The summed E-state index contributed by atoms with van der Waals surface area (Å²) < 4.78 is 1.79. The Balaban J connectivity index is 0.00000103. The molecule has 5 aromatic rings. The van der Waals surface area contributed by atoms with E-state index in [0.29, 0.717) is 24.5 Å². The molecule has 6 rings (SSSR count). The Bertz CT molecular complexity index is 1620. The Morgan fingerprint density at radius 2 is 1.93 bits per heavy atom. The number of aliphatic hydroxyl groups is 1. The number of nitrogens with one attached hydrogen (secondary N) is 1. The Morgan fingerprint density at radius 1 is 1.20 bits per heavy atom. The topological polar surface area (TPSA) is 125 Å². The van der Waals surface area contributed by atoms with Gasteiger partial charge in [-0.05, 0) is 31.5 Å². The number of benzene rings is 1. The predicted molar refractivity (Wildman–Crippen MR) is 158 cm³/mol. The summed E-state index contributed by atoms with van der Waals surface area (Å²) in [6.45, 7) is 6.11. The van der Waals surface area contributed by atoms with Crippen molar-refractivity contribution in [1.82, 2.24) is 29.5 Å². The van der Waals surface area contributed by atoms with E-state index < -0.39 is 6.10 Å². The minimum Gasteiger partial charge on any atom is -0.405 e. The van der Waals surface area contributed by atoms with Crippen molar-refractivity contribution in [3.05, 3.63) is 84.6 Å². The van der Waals surface area contributed by atoms with Gasteiger partial charge in [0.25, 0.3) is 5.91 Å². The van der Waals surface area contributed by atoms with E-state index >= 15 is 0 Å². The molecule has 1 fully saturated rings. The molecule has 1 aliphatic heterocycles. The number of aromatic nitrogens is 5. The maximum atomic E-state index is 12.5. The van der Waals surface area contributed by atoms with Gasteiger partial charge in [-0.2, -0.15) is 9.61 Å². The zero-order valence-corrected chi connectivity index (χ0v) is 23.1. The van der Waals surface area contributed by atoms with Gasteiger partial charge in [-0.1, -0.05) is 61.5 Å². The van der Waals surface area contributed by atoms with E-state index in [4.69, 9.17) is 16.6 Å². The molecule has 5 heterocycles. The molecule has 4 aromatic heterocycles. The zero-order chi connectivity index (χ0) is 28.2. The first-order valence-electron chi connectivity index (χ1n) is 13.3. The largest absolute Gasteiger partial charge is 0.405 e. The summed E-state index contributed by atoms with van der Waals surface area (Å²) >= 11 is 6.62. The lowest BCUT2D eigenvalue weighted by Gasteiger charge is -2.33. The van der Waals surface area contributed by atoms with Crippen LogP contribution in [0.25, 0.3) is 39.1 Å². The maximum absolute atomic E-state index is 12.5. The highest BCUT2D eigenvalue weighted by molar-refractivity contribution is 6.35. The molecular formula is C30H32ClN7O2. The third-order valence-electron chi connectivity index (χ3n) is 7.26. The zero-order valence-electron chi connectivity index (χ0n) is 22.3. The normalized spacial score (nSPS) is 14.6. The van der Waals surface area contributed by atoms with Crippen LogP contribution in [0, 0.1) is 0 Å². The molecule has 10 heteroatoms.